The van der Waals surface area contributed by atoms with E-state index in [0.717, 1.165) is 18.4 Å². The van der Waals surface area contributed by atoms with Crippen molar-refractivity contribution in [2.45, 2.75) is 32.3 Å². The van der Waals surface area contributed by atoms with Crippen molar-refractivity contribution in [3.05, 3.63) is 11.6 Å². The summed E-state index contributed by atoms with van der Waals surface area (Å²) >= 11 is 0. The first-order chi connectivity index (χ1) is 5.74. The second-order valence-electron chi connectivity index (χ2n) is 2.87. The Kier molecular flexibility index (Phi) is 3.29. The summed E-state index contributed by atoms with van der Waals surface area (Å²) in [6.45, 7) is 2.06. The van der Waals surface area contributed by atoms with Gasteiger partial charge in [-0.3, -0.25) is 0 Å². The first-order valence-corrected chi connectivity index (χ1v) is 4.26. The number of aliphatic hydroxyl groups excluding tert-OH is 1. The predicted octanol–water partition coefficient (Wildman–Crippen LogP) is 1.02. The van der Waals surface area contributed by atoms with Gasteiger partial charge in [0.2, 0.25) is 0 Å². The van der Waals surface area contributed by atoms with Gasteiger partial charge in [-0.05, 0) is 19.8 Å². The second-order valence-corrected chi connectivity index (χ2v) is 2.87. The fourth-order valence-corrected chi connectivity index (χ4v) is 1.10. The van der Waals surface area contributed by atoms with Crippen molar-refractivity contribution in [1.82, 2.24) is 0 Å². The summed E-state index contributed by atoms with van der Waals surface area (Å²) in [5.74, 6) is -0.509. The van der Waals surface area contributed by atoms with Crippen molar-refractivity contribution in [2.24, 2.45) is 0 Å². The fourth-order valence-electron chi connectivity index (χ4n) is 1.10. The van der Waals surface area contributed by atoms with Crippen LogP contribution in [0.1, 0.15) is 26.2 Å². The Morgan fingerprint density at radius 2 is 2.50 bits per heavy atom. The highest BCUT2D eigenvalue weighted by molar-refractivity contribution is 5.74. The van der Waals surface area contributed by atoms with Crippen molar-refractivity contribution < 1.29 is 14.6 Å². The van der Waals surface area contributed by atoms with Crippen LogP contribution in [0.4, 0.5) is 0 Å². The van der Waals surface area contributed by atoms with Gasteiger partial charge in [-0.25, -0.2) is 4.79 Å². The van der Waals surface area contributed by atoms with Crippen molar-refractivity contribution >= 4 is 5.97 Å². The van der Waals surface area contributed by atoms with Crippen LogP contribution < -0.4 is 0 Å². The summed E-state index contributed by atoms with van der Waals surface area (Å²) in [4.78, 5) is 10.9. The number of ether oxygens (including phenoxy) is 1. The first-order valence-electron chi connectivity index (χ1n) is 4.26. The maximum Gasteiger partial charge on any atom is 0.335 e. The van der Waals surface area contributed by atoms with Gasteiger partial charge in [-0.1, -0.05) is 11.6 Å². The Balaban J connectivity index is 2.26. The summed E-state index contributed by atoms with van der Waals surface area (Å²) < 4.78 is 4.66. The first kappa shape index (κ1) is 9.26. The number of esters is 1. The third kappa shape index (κ3) is 2.34. The van der Waals surface area contributed by atoms with E-state index >= 15 is 0 Å². The van der Waals surface area contributed by atoms with Gasteiger partial charge in [0.05, 0.1) is 6.61 Å². The molecule has 0 unspecified atom stereocenters. The Hall–Kier alpha value is -0.830. The van der Waals surface area contributed by atoms with Gasteiger partial charge < -0.3 is 9.84 Å². The topological polar surface area (TPSA) is 46.5 Å². The molecule has 1 rings (SSSR count). The minimum Gasteiger partial charge on any atom is -0.464 e. The number of hydrogen-bond acceptors (Lipinski definition) is 3. The summed E-state index contributed by atoms with van der Waals surface area (Å²) in [6.07, 6.45) is 3.61. The number of aliphatic hydroxyl groups is 1. The van der Waals surface area contributed by atoms with Crippen LogP contribution in [-0.4, -0.2) is 23.8 Å². The molecule has 0 saturated heterocycles. The van der Waals surface area contributed by atoms with E-state index < -0.39 is 12.1 Å². The largest absolute Gasteiger partial charge is 0.464 e. The molecular formula is C9H14O3. The minimum atomic E-state index is -0.962. The number of hydrogen-bond donors (Lipinski definition) is 1. The molecule has 0 aromatic carbocycles. The van der Waals surface area contributed by atoms with Crippen molar-refractivity contribution in [1.29, 1.82) is 0 Å². The maximum absolute atomic E-state index is 10.9. The molecular weight excluding hydrogens is 156 g/mol. The Morgan fingerprint density at radius 1 is 1.83 bits per heavy atom. The van der Waals surface area contributed by atoms with Crippen molar-refractivity contribution in [2.75, 3.05) is 6.61 Å². The summed E-state index contributed by atoms with van der Waals surface area (Å²) in [5.41, 5.74) is 1.16. The molecule has 0 aromatic heterocycles. The van der Waals surface area contributed by atoms with Crippen LogP contribution in [0.2, 0.25) is 0 Å². The minimum absolute atomic E-state index is 0.328. The van der Waals surface area contributed by atoms with Crippen LogP contribution in [0.3, 0.4) is 0 Å². The summed E-state index contributed by atoms with van der Waals surface area (Å²) in [6, 6.07) is 0. The zero-order valence-electron chi connectivity index (χ0n) is 7.25. The van der Waals surface area contributed by atoms with Crippen LogP contribution in [0.15, 0.2) is 11.6 Å². The van der Waals surface area contributed by atoms with E-state index in [2.05, 4.69) is 4.74 Å². The molecule has 1 aliphatic rings. The third-order valence-corrected chi connectivity index (χ3v) is 1.91. The van der Waals surface area contributed by atoms with E-state index in [1.165, 1.54) is 0 Å². The molecule has 12 heavy (non-hydrogen) atoms. The molecule has 1 atom stereocenters. The predicted molar refractivity (Wildman–Crippen MR) is 44.6 cm³/mol. The molecule has 0 amide bonds. The maximum atomic E-state index is 10.9. The van der Waals surface area contributed by atoms with E-state index in [9.17, 15) is 9.90 Å². The molecule has 0 spiro atoms. The van der Waals surface area contributed by atoms with Crippen molar-refractivity contribution in [3.8, 4) is 0 Å². The molecule has 3 nitrogen and oxygen atoms in total. The van der Waals surface area contributed by atoms with Gasteiger partial charge in [-0.2, -0.15) is 0 Å². The zero-order valence-corrected chi connectivity index (χ0v) is 7.25. The lowest BCUT2D eigenvalue weighted by atomic mass is 9.94. The molecule has 68 valence electrons. The highest BCUT2D eigenvalue weighted by Crippen LogP contribution is 2.22. The smallest absolute Gasteiger partial charge is 0.335 e. The van der Waals surface area contributed by atoms with Gasteiger partial charge in [0.25, 0.3) is 0 Å². The Labute approximate surface area is 72.0 Å². The molecule has 0 bridgehead atoms. The molecule has 1 N–H and O–H groups in total. The lowest BCUT2D eigenvalue weighted by Crippen LogP contribution is -2.24. The molecule has 0 fully saturated rings. The molecule has 0 aromatic rings. The van der Waals surface area contributed by atoms with E-state index in [0.29, 0.717) is 13.0 Å². The molecule has 3 heteroatoms. The average Bonchev–Trinajstić information content (AvgIpc) is 1.97. The van der Waals surface area contributed by atoms with Crippen molar-refractivity contribution in [3.63, 3.8) is 0 Å². The number of carbonyl (C=O) groups excluding carboxylic acids is 1. The lowest BCUT2D eigenvalue weighted by Gasteiger charge is -2.16. The highest BCUT2D eigenvalue weighted by atomic mass is 16.5. The number of carbonyl (C=O) groups is 1. The van der Waals surface area contributed by atoms with E-state index in [1.54, 1.807) is 6.92 Å². The quantitative estimate of drug-likeness (QED) is 0.506. The number of rotatable bonds is 4. The monoisotopic (exact) mass is 170 g/mol. The van der Waals surface area contributed by atoms with Crippen LogP contribution in [0.25, 0.3) is 0 Å². The van der Waals surface area contributed by atoms with Crippen LogP contribution >= 0.6 is 0 Å². The van der Waals surface area contributed by atoms with Gasteiger partial charge in [0.15, 0.2) is 6.10 Å². The van der Waals surface area contributed by atoms with Gasteiger partial charge in [0, 0.05) is 6.42 Å². The van der Waals surface area contributed by atoms with E-state index in [4.69, 9.17) is 0 Å². The third-order valence-electron chi connectivity index (χ3n) is 1.91. The van der Waals surface area contributed by atoms with Crippen LogP contribution in [-0.2, 0) is 9.53 Å². The van der Waals surface area contributed by atoms with Gasteiger partial charge in [0.1, 0.15) is 0 Å². The van der Waals surface area contributed by atoms with Crippen LogP contribution in [0, 0.1) is 0 Å². The number of allylic oxidation sites excluding steroid dienone is 1. The molecule has 0 radical (unpaired) electrons. The van der Waals surface area contributed by atoms with E-state index in [-0.39, 0.29) is 0 Å². The molecule has 1 aliphatic carbocycles. The molecule has 0 aliphatic heterocycles. The molecule has 0 saturated carbocycles. The SMILES string of the molecule is CCOC(=O)[C@H](O)CC1=CCC1. The summed E-state index contributed by atoms with van der Waals surface area (Å²) in [5, 5.41) is 9.27. The highest BCUT2D eigenvalue weighted by Gasteiger charge is 2.19. The Bertz CT molecular complexity index is 196. The van der Waals surface area contributed by atoms with Gasteiger partial charge >= 0.3 is 5.97 Å². The second kappa shape index (κ2) is 4.26. The van der Waals surface area contributed by atoms with Gasteiger partial charge in [-0.15, -0.1) is 0 Å². The standard InChI is InChI=1S/C9H14O3/c1-2-12-9(11)8(10)6-7-4-3-5-7/h4,8,10H,2-3,5-6H2,1H3/t8-/m1/s1. The normalized spacial score (nSPS) is 17.7. The zero-order chi connectivity index (χ0) is 8.97. The fraction of sp³-hybridized carbons (Fsp3) is 0.667. The Morgan fingerprint density at radius 3 is 2.92 bits per heavy atom. The average molecular weight is 170 g/mol. The molecule has 0 heterocycles. The lowest BCUT2D eigenvalue weighted by molar-refractivity contribution is -0.152. The van der Waals surface area contributed by atoms with Crippen LogP contribution in [0.5, 0.6) is 0 Å². The van der Waals surface area contributed by atoms with E-state index in [1.807, 2.05) is 6.08 Å². The summed E-state index contributed by atoms with van der Waals surface area (Å²) in [7, 11) is 0.